The van der Waals surface area contributed by atoms with Crippen LogP contribution >= 0.6 is 0 Å². The number of rotatable bonds is 14. The first-order valence-electron chi connectivity index (χ1n) is 15.4. The van der Waals surface area contributed by atoms with Crippen LogP contribution in [0.15, 0.2) is 68.5 Å². The molecular weight excluding hydrogens is 648 g/mol. The average Bonchev–Trinajstić information content (AvgIpc) is 3.69. The maximum absolute atomic E-state index is 17.5. The molecule has 4 rings (SSSR count). The Kier molecular flexibility index (Phi) is 11.3. The molecule has 0 radical (unpaired) electrons. The fraction of sp³-hybridized carbons (Fsp3) is 0.412. The zero-order valence-corrected chi connectivity index (χ0v) is 31.3. The molecule has 0 saturated heterocycles. The first-order chi connectivity index (χ1) is 21.2. The van der Waals surface area contributed by atoms with Crippen molar-refractivity contribution in [2.24, 2.45) is 0 Å². The van der Waals surface area contributed by atoms with Gasteiger partial charge in [-0.05, 0) is 0 Å². The summed E-state index contributed by atoms with van der Waals surface area (Å²) in [5, 5.41) is 0. The van der Waals surface area contributed by atoms with Gasteiger partial charge in [0.15, 0.2) is 0 Å². The van der Waals surface area contributed by atoms with Crippen molar-refractivity contribution in [1.82, 2.24) is 0 Å². The molecule has 2 aromatic rings. The first kappa shape index (κ1) is 35.6. The summed E-state index contributed by atoms with van der Waals surface area (Å²) in [4.78, 5) is 0. The predicted molar refractivity (Wildman–Crippen MR) is 181 cm³/mol. The zero-order chi connectivity index (χ0) is 33.2. The van der Waals surface area contributed by atoms with Crippen LogP contribution in [0, 0.1) is 23.3 Å². The molecule has 0 heterocycles. The van der Waals surface area contributed by atoms with Gasteiger partial charge in [-0.3, -0.25) is 0 Å². The third-order valence-electron chi connectivity index (χ3n) is 8.64. The van der Waals surface area contributed by atoms with Crippen molar-refractivity contribution in [3.05, 3.63) is 91.7 Å². The van der Waals surface area contributed by atoms with Crippen molar-refractivity contribution in [2.75, 3.05) is 49.7 Å². The van der Waals surface area contributed by atoms with Crippen LogP contribution in [0.25, 0.3) is 0 Å². The SMILES string of the molecule is COCCN(c1ccc(F)[c]([Ti]([C]2=CC=CC2)([C]2=CC=CC2)[c]2c(F)ccc(N(CCOC)[Si](C)(C)C)c2F)c1F)[Si](C)(C)C. The van der Waals surface area contributed by atoms with E-state index >= 15 is 17.6 Å². The summed E-state index contributed by atoms with van der Waals surface area (Å²) in [6, 6.07) is 5.51. The third-order valence-corrected chi connectivity index (χ3v) is 20.7. The third kappa shape index (κ3) is 6.92. The van der Waals surface area contributed by atoms with Gasteiger partial charge in [0.1, 0.15) is 0 Å². The average molecular weight is 695 g/mol. The van der Waals surface area contributed by atoms with E-state index in [1.54, 1.807) is 14.2 Å². The molecular formula is C34H46F4N2O2Si2Ti. The van der Waals surface area contributed by atoms with Crippen LogP contribution in [0.4, 0.5) is 28.9 Å². The molecule has 4 nitrogen and oxygen atoms in total. The van der Waals surface area contributed by atoms with Crippen LogP contribution in [-0.2, 0) is 26.1 Å². The molecule has 45 heavy (non-hydrogen) atoms. The molecule has 0 atom stereocenters. The predicted octanol–water partition coefficient (Wildman–Crippen LogP) is 7.61. The number of hydrogen-bond donors (Lipinski definition) is 0. The number of benzene rings is 2. The number of hydrogen-bond acceptors (Lipinski definition) is 4. The standard InChI is InChI=1S/2C12H18F2NOSi.2C5H5.Ti/c2*1-16-8-7-15(17(2,3)4)12-6-5-10(13)9-11(12)14;2*1-2-4-5-3-1;/h2*5-6H,7-8H2,1-4H3;2*1-3H,4H2;. The van der Waals surface area contributed by atoms with Crippen molar-refractivity contribution < 1.29 is 43.6 Å². The van der Waals surface area contributed by atoms with E-state index in [0.717, 1.165) is 0 Å². The maximum atomic E-state index is 17.5. The number of anilines is 2. The minimum absolute atomic E-state index is 0.176. The number of halogens is 4. The molecule has 0 saturated carbocycles. The molecule has 0 aliphatic heterocycles. The van der Waals surface area contributed by atoms with Gasteiger partial charge in [-0.2, -0.15) is 0 Å². The molecule has 2 aromatic carbocycles. The Morgan fingerprint density at radius 2 is 1.02 bits per heavy atom. The van der Waals surface area contributed by atoms with Crippen LogP contribution in [-0.4, -0.2) is 57.0 Å². The van der Waals surface area contributed by atoms with Gasteiger partial charge in [0.25, 0.3) is 0 Å². The van der Waals surface area contributed by atoms with Crippen LogP contribution < -0.4 is 16.9 Å². The second-order valence-electron chi connectivity index (χ2n) is 13.5. The van der Waals surface area contributed by atoms with Crippen LogP contribution in [0.2, 0.25) is 39.3 Å². The van der Waals surface area contributed by atoms with Crippen LogP contribution in [0.5, 0.6) is 0 Å². The fourth-order valence-electron chi connectivity index (χ4n) is 6.61. The Hall–Kier alpha value is -2.21. The summed E-state index contributed by atoms with van der Waals surface area (Å²) in [6.07, 6.45) is 11.9. The second kappa shape index (κ2) is 14.3. The summed E-state index contributed by atoms with van der Waals surface area (Å²) in [5.74, 6) is -3.02. The van der Waals surface area contributed by atoms with Crippen molar-refractivity contribution in [2.45, 2.75) is 52.1 Å². The van der Waals surface area contributed by atoms with Crippen LogP contribution in [0.3, 0.4) is 0 Å². The molecule has 0 fully saturated rings. The van der Waals surface area contributed by atoms with Gasteiger partial charge in [0.2, 0.25) is 0 Å². The van der Waals surface area contributed by atoms with E-state index in [1.807, 2.05) is 45.6 Å². The van der Waals surface area contributed by atoms with E-state index in [2.05, 4.69) is 39.3 Å². The van der Waals surface area contributed by atoms with Gasteiger partial charge in [0.05, 0.1) is 0 Å². The van der Waals surface area contributed by atoms with Crippen molar-refractivity contribution in [3.63, 3.8) is 0 Å². The van der Waals surface area contributed by atoms with Gasteiger partial charge in [-0.25, -0.2) is 0 Å². The van der Waals surface area contributed by atoms with Gasteiger partial charge in [-0.15, -0.1) is 0 Å². The van der Waals surface area contributed by atoms with E-state index in [-0.39, 0.29) is 19.1 Å². The minimum atomic E-state index is -4.99. The Morgan fingerprint density at radius 1 is 0.644 bits per heavy atom. The molecule has 0 spiro atoms. The van der Waals surface area contributed by atoms with Gasteiger partial charge < -0.3 is 0 Å². The molecule has 11 heteroatoms. The van der Waals surface area contributed by atoms with Crippen molar-refractivity contribution in [1.29, 1.82) is 0 Å². The Balaban J connectivity index is 2.16. The molecule has 0 amide bonds. The molecule has 2 aliphatic carbocycles. The van der Waals surface area contributed by atoms with Gasteiger partial charge in [-0.1, -0.05) is 0 Å². The van der Waals surface area contributed by atoms with E-state index in [9.17, 15) is 0 Å². The molecule has 0 aromatic heterocycles. The summed E-state index contributed by atoms with van der Waals surface area (Å²) < 4.78 is 83.9. The Bertz CT molecular complexity index is 1420. The van der Waals surface area contributed by atoms with Crippen LogP contribution in [0.1, 0.15) is 12.8 Å². The number of nitrogens with zero attached hydrogens (tertiary/aromatic N) is 2. The van der Waals surface area contributed by atoms with Gasteiger partial charge in [0, 0.05) is 0 Å². The summed E-state index contributed by atoms with van der Waals surface area (Å²) in [5.41, 5.74) is 0.494. The van der Waals surface area contributed by atoms with E-state index in [1.165, 1.54) is 24.3 Å². The Morgan fingerprint density at radius 3 is 1.31 bits per heavy atom. The summed E-state index contributed by atoms with van der Waals surface area (Å²) in [7, 11) is -1.27. The fourth-order valence-corrected chi connectivity index (χ4v) is 18.2. The number of allylic oxidation sites excluding steroid dienone is 8. The molecule has 2 aliphatic rings. The quantitative estimate of drug-likeness (QED) is 0.150. The Labute approximate surface area is 271 Å². The van der Waals surface area contributed by atoms with Crippen molar-refractivity contribution in [3.8, 4) is 0 Å². The summed E-state index contributed by atoms with van der Waals surface area (Å²) in [6.45, 7) is 14.0. The monoisotopic (exact) mass is 694 g/mol. The van der Waals surface area contributed by atoms with E-state index in [0.29, 0.717) is 46.9 Å². The number of methoxy groups -OCH3 is 2. The van der Waals surface area contributed by atoms with Gasteiger partial charge >= 0.3 is 273 Å². The molecule has 0 unspecified atom stereocenters. The summed E-state index contributed by atoms with van der Waals surface area (Å²) >= 11 is -4.99. The molecule has 244 valence electrons. The molecule has 0 bridgehead atoms. The van der Waals surface area contributed by atoms with Crippen molar-refractivity contribution >= 4 is 35.6 Å². The number of ether oxygens (including phenoxy) is 2. The van der Waals surface area contributed by atoms with E-state index < -0.39 is 56.3 Å². The topological polar surface area (TPSA) is 24.9 Å². The normalized spacial score (nSPS) is 15.1. The molecule has 0 N–H and O–H groups in total. The second-order valence-corrected chi connectivity index (χ2v) is 29.2. The van der Waals surface area contributed by atoms with E-state index in [4.69, 9.17) is 9.47 Å². The zero-order valence-electron chi connectivity index (χ0n) is 27.7. The first-order valence-corrected chi connectivity index (χ1v) is 25.4.